The minimum Gasteiger partial charge on any atom is -0.362 e. The molecule has 0 aromatic heterocycles. The molecule has 1 fully saturated rings. The monoisotopic (exact) mass is 232 g/mol. The van der Waals surface area contributed by atoms with Gasteiger partial charge in [-0.1, -0.05) is 18.7 Å². The van der Waals surface area contributed by atoms with Gasteiger partial charge in [0.2, 0.25) is 0 Å². The zero-order chi connectivity index (χ0) is 9.97. The standard InChI is InChI=1S/C9H16N2OS2/c1-7-6-10-9(13-7)11-8-2-4-14(12)5-3-8/h7-8H,2-6H2,1H3,(H,10,11). The van der Waals surface area contributed by atoms with Crippen LogP contribution in [0, 0.1) is 0 Å². The maximum atomic E-state index is 11.1. The summed E-state index contributed by atoms with van der Waals surface area (Å²) < 4.78 is 11.1. The molecule has 0 aliphatic carbocycles. The van der Waals surface area contributed by atoms with Crippen molar-refractivity contribution in [1.82, 2.24) is 5.32 Å². The molecular formula is C9H16N2OS2. The molecule has 0 bridgehead atoms. The molecule has 2 rings (SSSR count). The highest BCUT2D eigenvalue weighted by atomic mass is 32.2. The topological polar surface area (TPSA) is 41.5 Å². The van der Waals surface area contributed by atoms with E-state index in [2.05, 4.69) is 17.2 Å². The fourth-order valence-corrected chi connectivity index (χ4v) is 3.88. The molecule has 0 aromatic carbocycles. The fraction of sp³-hybridized carbons (Fsp3) is 0.889. The molecule has 0 spiro atoms. The van der Waals surface area contributed by atoms with E-state index in [0.717, 1.165) is 36.1 Å². The molecule has 14 heavy (non-hydrogen) atoms. The lowest BCUT2D eigenvalue weighted by atomic mass is 10.2. The highest BCUT2D eigenvalue weighted by molar-refractivity contribution is 8.14. The van der Waals surface area contributed by atoms with Crippen LogP contribution in [0.3, 0.4) is 0 Å². The van der Waals surface area contributed by atoms with Crippen LogP contribution in [0.2, 0.25) is 0 Å². The first-order valence-electron chi connectivity index (χ1n) is 5.06. The molecule has 2 aliphatic rings. The molecule has 0 saturated carbocycles. The van der Waals surface area contributed by atoms with Gasteiger partial charge in [-0.25, -0.2) is 0 Å². The Morgan fingerprint density at radius 2 is 2.21 bits per heavy atom. The zero-order valence-corrected chi connectivity index (χ0v) is 10.00. The minimum atomic E-state index is -0.558. The van der Waals surface area contributed by atoms with E-state index in [1.165, 1.54) is 0 Å². The van der Waals surface area contributed by atoms with Crippen LogP contribution >= 0.6 is 11.8 Å². The number of nitrogens with one attached hydrogen (secondary N) is 1. The molecule has 2 heterocycles. The number of rotatable bonds is 1. The van der Waals surface area contributed by atoms with Gasteiger partial charge in [0.25, 0.3) is 0 Å². The SMILES string of the molecule is CC1CN=C(NC2CCS(=O)CC2)S1. The number of hydrogen-bond acceptors (Lipinski definition) is 4. The summed E-state index contributed by atoms with van der Waals surface area (Å²) in [5.74, 6) is 1.70. The number of thioether (sulfide) groups is 1. The van der Waals surface area contributed by atoms with Crippen LogP contribution in [-0.4, -0.2) is 38.7 Å². The van der Waals surface area contributed by atoms with Crippen molar-refractivity contribution >= 4 is 27.7 Å². The second-order valence-corrected chi connectivity index (χ2v) is 6.96. The van der Waals surface area contributed by atoms with Gasteiger partial charge in [-0.2, -0.15) is 0 Å². The molecule has 3 nitrogen and oxygen atoms in total. The van der Waals surface area contributed by atoms with Gasteiger partial charge in [-0.3, -0.25) is 9.20 Å². The summed E-state index contributed by atoms with van der Waals surface area (Å²) in [6.45, 7) is 3.13. The zero-order valence-electron chi connectivity index (χ0n) is 8.36. The van der Waals surface area contributed by atoms with Crippen LogP contribution in [0.5, 0.6) is 0 Å². The number of amidine groups is 1. The van der Waals surface area contributed by atoms with E-state index in [1.807, 2.05) is 11.8 Å². The summed E-state index contributed by atoms with van der Waals surface area (Å²) >= 11 is 1.82. The van der Waals surface area contributed by atoms with Gasteiger partial charge in [0.15, 0.2) is 5.17 Å². The summed E-state index contributed by atoms with van der Waals surface area (Å²) in [6.07, 6.45) is 2.06. The lowest BCUT2D eigenvalue weighted by Crippen LogP contribution is -2.38. The van der Waals surface area contributed by atoms with Gasteiger partial charge in [0.1, 0.15) is 0 Å². The van der Waals surface area contributed by atoms with Crippen molar-refractivity contribution < 1.29 is 4.21 Å². The van der Waals surface area contributed by atoms with E-state index >= 15 is 0 Å². The largest absolute Gasteiger partial charge is 0.362 e. The molecule has 0 radical (unpaired) electrons. The van der Waals surface area contributed by atoms with Gasteiger partial charge in [0, 0.05) is 33.6 Å². The van der Waals surface area contributed by atoms with Gasteiger partial charge >= 0.3 is 0 Å². The van der Waals surface area contributed by atoms with Crippen LogP contribution in [0.4, 0.5) is 0 Å². The van der Waals surface area contributed by atoms with Gasteiger partial charge in [-0.05, 0) is 12.8 Å². The smallest absolute Gasteiger partial charge is 0.157 e. The average molecular weight is 232 g/mol. The van der Waals surface area contributed by atoms with E-state index < -0.39 is 10.8 Å². The van der Waals surface area contributed by atoms with Gasteiger partial charge in [-0.15, -0.1) is 0 Å². The Balaban J connectivity index is 1.78. The third-order valence-electron chi connectivity index (χ3n) is 2.52. The first kappa shape index (κ1) is 10.5. The molecule has 5 heteroatoms. The van der Waals surface area contributed by atoms with Crippen LogP contribution in [0.25, 0.3) is 0 Å². The van der Waals surface area contributed by atoms with E-state index in [-0.39, 0.29) is 0 Å². The number of aliphatic imine (C=N–C) groups is 1. The minimum absolute atomic E-state index is 0.504. The number of hydrogen-bond donors (Lipinski definition) is 1. The molecule has 1 unspecified atom stereocenters. The highest BCUT2D eigenvalue weighted by Crippen LogP contribution is 2.20. The summed E-state index contributed by atoms with van der Waals surface area (Å²) in [6, 6.07) is 0.504. The van der Waals surface area contributed by atoms with Gasteiger partial charge in [0.05, 0.1) is 6.54 Å². The average Bonchev–Trinajstić information content (AvgIpc) is 2.56. The second kappa shape index (κ2) is 4.66. The summed E-state index contributed by atoms with van der Waals surface area (Å²) in [5.41, 5.74) is 0. The predicted octanol–water partition coefficient (Wildman–Crippen LogP) is 0.978. The first-order valence-corrected chi connectivity index (χ1v) is 7.43. The number of nitrogens with zero attached hydrogens (tertiary/aromatic N) is 1. The summed E-state index contributed by atoms with van der Waals surface area (Å²) in [5, 5.41) is 5.16. The molecule has 1 N–H and O–H groups in total. The van der Waals surface area contributed by atoms with Crippen LogP contribution < -0.4 is 5.32 Å². The van der Waals surface area contributed by atoms with Crippen molar-refractivity contribution in [3.8, 4) is 0 Å². The molecule has 1 atom stereocenters. The molecule has 1 saturated heterocycles. The van der Waals surface area contributed by atoms with Crippen molar-refractivity contribution in [2.45, 2.75) is 31.1 Å². The van der Waals surface area contributed by atoms with Crippen molar-refractivity contribution in [1.29, 1.82) is 0 Å². The Morgan fingerprint density at radius 1 is 1.50 bits per heavy atom. The predicted molar refractivity (Wildman–Crippen MR) is 63.4 cm³/mol. The van der Waals surface area contributed by atoms with Crippen molar-refractivity contribution in [3.63, 3.8) is 0 Å². The lowest BCUT2D eigenvalue weighted by molar-refractivity contribution is 0.554. The van der Waals surface area contributed by atoms with Crippen molar-refractivity contribution in [2.24, 2.45) is 4.99 Å². The second-order valence-electron chi connectivity index (χ2n) is 3.84. The molecule has 0 amide bonds. The third kappa shape index (κ3) is 2.73. The molecular weight excluding hydrogens is 216 g/mol. The van der Waals surface area contributed by atoms with Gasteiger partial charge < -0.3 is 5.32 Å². The maximum Gasteiger partial charge on any atom is 0.157 e. The normalized spacial score (nSPS) is 38.1. The summed E-state index contributed by atoms with van der Waals surface area (Å²) in [4.78, 5) is 4.42. The Morgan fingerprint density at radius 3 is 2.79 bits per heavy atom. The fourth-order valence-electron chi connectivity index (χ4n) is 1.67. The molecule has 80 valence electrons. The Kier molecular flexibility index (Phi) is 3.49. The summed E-state index contributed by atoms with van der Waals surface area (Å²) in [7, 11) is -0.558. The maximum absolute atomic E-state index is 11.1. The van der Waals surface area contributed by atoms with Crippen LogP contribution in [-0.2, 0) is 10.8 Å². The third-order valence-corrected chi connectivity index (χ3v) is 4.92. The van der Waals surface area contributed by atoms with E-state index in [9.17, 15) is 4.21 Å². The van der Waals surface area contributed by atoms with E-state index in [0.29, 0.717) is 11.3 Å². The Hall–Kier alpha value is -0.0300. The highest BCUT2D eigenvalue weighted by Gasteiger charge is 2.21. The lowest BCUT2D eigenvalue weighted by Gasteiger charge is -2.23. The molecule has 2 aliphatic heterocycles. The van der Waals surface area contributed by atoms with Crippen LogP contribution in [0.1, 0.15) is 19.8 Å². The van der Waals surface area contributed by atoms with E-state index in [1.54, 1.807) is 0 Å². The Bertz CT molecular complexity index is 258. The van der Waals surface area contributed by atoms with Crippen molar-refractivity contribution in [3.05, 3.63) is 0 Å². The molecule has 0 aromatic rings. The van der Waals surface area contributed by atoms with E-state index in [4.69, 9.17) is 0 Å². The van der Waals surface area contributed by atoms with Crippen molar-refractivity contribution in [2.75, 3.05) is 18.1 Å². The first-order chi connectivity index (χ1) is 6.74. The van der Waals surface area contributed by atoms with Crippen LogP contribution in [0.15, 0.2) is 4.99 Å². The Labute approximate surface area is 91.6 Å². The quantitative estimate of drug-likeness (QED) is 0.733.